The molecule has 1 aromatic rings. The predicted molar refractivity (Wildman–Crippen MR) is 96.7 cm³/mol. The molecule has 0 atom stereocenters. The van der Waals surface area contributed by atoms with Crippen LogP contribution < -0.4 is 10.1 Å². The number of benzene rings is 1. The van der Waals surface area contributed by atoms with E-state index in [-0.39, 0.29) is 0 Å². The summed E-state index contributed by atoms with van der Waals surface area (Å²) in [5.74, 6) is 0.946. The van der Waals surface area contributed by atoms with Crippen LogP contribution in [-0.4, -0.2) is 20.2 Å². The van der Waals surface area contributed by atoms with Crippen LogP contribution in [0.2, 0.25) is 0 Å². The first-order valence-corrected chi connectivity index (χ1v) is 8.69. The maximum atomic E-state index is 5.18. The van der Waals surface area contributed by atoms with Gasteiger partial charge in [-0.1, -0.05) is 49.5 Å². The first-order valence-electron chi connectivity index (χ1n) is 8.69. The van der Waals surface area contributed by atoms with Crippen LogP contribution >= 0.6 is 0 Å². The van der Waals surface area contributed by atoms with Gasteiger partial charge in [0.15, 0.2) is 0 Å². The van der Waals surface area contributed by atoms with Crippen molar-refractivity contribution in [3.63, 3.8) is 0 Å². The van der Waals surface area contributed by atoms with E-state index in [1.54, 1.807) is 7.11 Å². The molecule has 1 rings (SSSR count). The second-order valence-electron chi connectivity index (χ2n) is 6.20. The topological polar surface area (TPSA) is 21.3 Å². The summed E-state index contributed by atoms with van der Waals surface area (Å²) in [6, 6.07) is 8.46. The van der Waals surface area contributed by atoms with E-state index < -0.39 is 0 Å². The Labute approximate surface area is 137 Å². The van der Waals surface area contributed by atoms with E-state index in [0.29, 0.717) is 0 Å². The van der Waals surface area contributed by atoms with Crippen molar-refractivity contribution in [1.82, 2.24) is 5.32 Å². The zero-order valence-electron chi connectivity index (χ0n) is 14.7. The maximum absolute atomic E-state index is 5.18. The van der Waals surface area contributed by atoms with Crippen LogP contribution in [0.3, 0.4) is 0 Å². The zero-order chi connectivity index (χ0) is 16.0. The molecule has 0 aliphatic heterocycles. The summed E-state index contributed by atoms with van der Waals surface area (Å²) in [4.78, 5) is 0. The SMILES string of the molecule is COc1ccc(CCCCCCCCNCC=C(C)C)cc1. The fourth-order valence-corrected chi connectivity index (χ4v) is 2.46. The Morgan fingerprint density at radius 2 is 1.59 bits per heavy atom. The molecule has 0 amide bonds. The summed E-state index contributed by atoms with van der Waals surface area (Å²) in [5.41, 5.74) is 2.81. The van der Waals surface area contributed by atoms with Crippen LogP contribution in [0.1, 0.15) is 57.9 Å². The van der Waals surface area contributed by atoms with Gasteiger partial charge in [0.2, 0.25) is 0 Å². The Morgan fingerprint density at radius 3 is 2.23 bits per heavy atom. The van der Waals surface area contributed by atoms with Crippen LogP contribution in [0.15, 0.2) is 35.9 Å². The summed E-state index contributed by atoms with van der Waals surface area (Å²) in [7, 11) is 1.71. The molecule has 0 aliphatic rings. The van der Waals surface area contributed by atoms with Gasteiger partial charge in [0, 0.05) is 6.54 Å². The molecular formula is C20H33NO. The van der Waals surface area contributed by atoms with Crippen LogP contribution in [-0.2, 0) is 6.42 Å². The van der Waals surface area contributed by atoms with Gasteiger partial charge >= 0.3 is 0 Å². The zero-order valence-corrected chi connectivity index (χ0v) is 14.7. The van der Waals surface area contributed by atoms with E-state index in [4.69, 9.17) is 4.74 Å². The molecule has 2 heteroatoms. The van der Waals surface area contributed by atoms with Crippen molar-refractivity contribution in [1.29, 1.82) is 0 Å². The molecule has 0 aromatic heterocycles. The standard InChI is InChI=1S/C20H33NO/c1-18(2)15-17-21-16-9-7-5-4-6-8-10-19-11-13-20(22-3)14-12-19/h11-15,21H,4-10,16-17H2,1-3H3. The number of allylic oxidation sites excluding steroid dienone is 1. The molecule has 2 nitrogen and oxygen atoms in total. The van der Waals surface area contributed by atoms with Gasteiger partial charge in [-0.3, -0.25) is 0 Å². The second-order valence-corrected chi connectivity index (χ2v) is 6.20. The largest absolute Gasteiger partial charge is 0.497 e. The Morgan fingerprint density at radius 1 is 0.955 bits per heavy atom. The molecule has 1 aromatic carbocycles. The number of nitrogens with one attached hydrogen (secondary N) is 1. The summed E-state index contributed by atoms with van der Waals surface area (Å²) < 4.78 is 5.18. The van der Waals surface area contributed by atoms with Gasteiger partial charge in [-0.15, -0.1) is 0 Å². The van der Waals surface area contributed by atoms with Gasteiger partial charge in [-0.05, 0) is 57.4 Å². The van der Waals surface area contributed by atoms with E-state index in [9.17, 15) is 0 Å². The van der Waals surface area contributed by atoms with Crippen molar-refractivity contribution < 1.29 is 4.74 Å². The van der Waals surface area contributed by atoms with Crippen molar-refractivity contribution >= 4 is 0 Å². The lowest BCUT2D eigenvalue weighted by Crippen LogP contribution is -2.15. The average molecular weight is 303 g/mol. The third-order valence-corrected chi connectivity index (χ3v) is 3.88. The summed E-state index contributed by atoms with van der Waals surface area (Å²) >= 11 is 0. The second kappa shape index (κ2) is 12.3. The summed E-state index contributed by atoms with van der Waals surface area (Å²) in [6.45, 7) is 6.46. The Bertz CT molecular complexity index is 404. The molecule has 22 heavy (non-hydrogen) atoms. The number of methoxy groups -OCH3 is 1. The number of aryl methyl sites for hydroxylation is 1. The monoisotopic (exact) mass is 303 g/mol. The van der Waals surface area contributed by atoms with Crippen LogP contribution in [0, 0.1) is 0 Å². The molecule has 0 heterocycles. The lowest BCUT2D eigenvalue weighted by Gasteiger charge is -2.05. The van der Waals surface area contributed by atoms with Gasteiger partial charge in [0.1, 0.15) is 5.75 Å². The minimum absolute atomic E-state index is 0.946. The molecule has 0 fully saturated rings. The van der Waals surface area contributed by atoms with Gasteiger partial charge < -0.3 is 10.1 Å². The van der Waals surface area contributed by atoms with Crippen LogP contribution in [0.25, 0.3) is 0 Å². The van der Waals surface area contributed by atoms with E-state index in [1.807, 2.05) is 0 Å². The number of hydrogen-bond acceptors (Lipinski definition) is 2. The molecule has 0 radical (unpaired) electrons. The van der Waals surface area contributed by atoms with Crippen molar-refractivity contribution in [3.05, 3.63) is 41.5 Å². The normalized spacial score (nSPS) is 10.5. The molecule has 0 saturated heterocycles. The predicted octanol–water partition coefficient (Wildman–Crippen LogP) is 5.13. The highest BCUT2D eigenvalue weighted by atomic mass is 16.5. The van der Waals surface area contributed by atoms with E-state index in [2.05, 4.69) is 49.5 Å². The molecule has 0 aliphatic carbocycles. The number of unbranched alkanes of at least 4 members (excludes halogenated alkanes) is 5. The fourth-order valence-electron chi connectivity index (χ4n) is 2.46. The van der Waals surface area contributed by atoms with Gasteiger partial charge in [-0.2, -0.15) is 0 Å². The highest BCUT2D eigenvalue weighted by Gasteiger charge is 1.96. The number of hydrogen-bond donors (Lipinski definition) is 1. The van der Waals surface area contributed by atoms with Crippen molar-refractivity contribution in [2.45, 2.75) is 58.8 Å². The minimum Gasteiger partial charge on any atom is -0.497 e. The lowest BCUT2D eigenvalue weighted by atomic mass is 10.0. The van der Waals surface area contributed by atoms with Gasteiger partial charge in [0.05, 0.1) is 7.11 Å². The Balaban J connectivity index is 1.90. The molecule has 1 N–H and O–H groups in total. The third kappa shape index (κ3) is 9.62. The molecule has 0 spiro atoms. The summed E-state index contributed by atoms with van der Waals surface area (Å²) in [6.07, 6.45) is 11.5. The van der Waals surface area contributed by atoms with E-state index in [0.717, 1.165) is 18.8 Å². The Kier molecular flexibility index (Phi) is 10.5. The molecule has 124 valence electrons. The van der Waals surface area contributed by atoms with Crippen molar-refractivity contribution in [2.24, 2.45) is 0 Å². The number of rotatable bonds is 12. The quantitative estimate of drug-likeness (QED) is 0.427. The fraction of sp³-hybridized carbons (Fsp3) is 0.600. The Hall–Kier alpha value is -1.28. The molecular weight excluding hydrogens is 270 g/mol. The minimum atomic E-state index is 0.946. The maximum Gasteiger partial charge on any atom is 0.118 e. The third-order valence-electron chi connectivity index (χ3n) is 3.88. The molecule has 0 saturated carbocycles. The first kappa shape index (κ1) is 18.8. The van der Waals surface area contributed by atoms with Crippen LogP contribution in [0.4, 0.5) is 0 Å². The first-order chi connectivity index (χ1) is 10.7. The van der Waals surface area contributed by atoms with Gasteiger partial charge in [-0.25, -0.2) is 0 Å². The molecule has 0 unspecified atom stereocenters. The van der Waals surface area contributed by atoms with Gasteiger partial charge in [0.25, 0.3) is 0 Å². The highest BCUT2D eigenvalue weighted by Crippen LogP contribution is 2.14. The van der Waals surface area contributed by atoms with E-state index in [1.165, 1.54) is 56.1 Å². The van der Waals surface area contributed by atoms with E-state index >= 15 is 0 Å². The average Bonchev–Trinajstić information content (AvgIpc) is 2.53. The summed E-state index contributed by atoms with van der Waals surface area (Å²) in [5, 5.41) is 3.46. The van der Waals surface area contributed by atoms with Crippen LogP contribution in [0.5, 0.6) is 5.75 Å². The number of ether oxygens (including phenoxy) is 1. The molecule has 0 bridgehead atoms. The van der Waals surface area contributed by atoms with Crippen molar-refractivity contribution in [3.8, 4) is 5.75 Å². The van der Waals surface area contributed by atoms with Crippen molar-refractivity contribution in [2.75, 3.05) is 20.2 Å². The smallest absolute Gasteiger partial charge is 0.118 e. The lowest BCUT2D eigenvalue weighted by molar-refractivity contribution is 0.414. The highest BCUT2D eigenvalue weighted by molar-refractivity contribution is 5.27.